The van der Waals surface area contributed by atoms with Crippen LogP contribution in [0.4, 0.5) is 5.69 Å². The molecular formula is C20H20N2O3. The minimum Gasteiger partial charge on any atom is -0.308 e. The smallest absolute Gasteiger partial charge is 0.280 e. The molecule has 5 heteroatoms. The molecule has 1 unspecified atom stereocenters. The summed E-state index contributed by atoms with van der Waals surface area (Å²) in [7, 11) is 0. The first kappa shape index (κ1) is 17.0. The van der Waals surface area contributed by atoms with E-state index in [1.165, 1.54) is 6.07 Å². The predicted molar refractivity (Wildman–Crippen MR) is 97.6 cm³/mol. The Kier molecular flexibility index (Phi) is 4.76. The summed E-state index contributed by atoms with van der Waals surface area (Å²) in [6, 6.07) is 13.3. The molecule has 1 heterocycles. The van der Waals surface area contributed by atoms with E-state index in [2.05, 4.69) is 18.3 Å². The highest BCUT2D eigenvalue weighted by Crippen LogP contribution is 2.26. The summed E-state index contributed by atoms with van der Waals surface area (Å²) in [6.45, 7) is 3.11. The van der Waals surface area contributed by atoms with Crippen molar-refractivity contribution in [1.82, 2.24) is 5.32 Å². The fraction of sp³-hybridized carbons (Fsp3) is 0.250. The van der Waals surface area contributed by atoms with Crippen molar-refractivity contribution < 1.29 is 9.72 Å². The zero-order valence-corrected chi connectivity index (χ0v) is 14.1. The Balaban J connectivity index is 1.96. The maximum absolute atomic E-state index is 12.7. The molecule has 0 aromatic heterocycles. The summed E-state index contributed by atoms with van der Waals surface area (Å²) in [6.07, 6.45) is 6.16. The Morgan fingerprint density at radius 2 is 2.00 bits per heavy atom. The number of benzene rings is 2. The number of carbonyl (C=O) groups excluding carboxylic acids is 1. The molecule has 0 amide bonds. The van der Waals surface area contributed by atoms with E-state index in [4.69, 9.17) is 0 Å². The van der Waals surface area contributed by atoms with Crippen molar-refractivity contribution in [2.45, 2.75) is 25.3 Å². The summed E-state index contributed by atoms with van der Waals surface area (Å²) in [5, 5.41) is 14.7. The number of ketones is 1. The minimum absolute atomic E-state index is 0.0641. The van der Waals surface area contributed by atoms with Gasteiger partial charge in [-0.15, -0.1) is 0 Å². The Morgan fingerprint density at radius 3 is 2.64 bits per heavy atom. The molecule has 0 saturated carbocycles. The normalized spacial score (nSPS) is 20.0. The van der Waals surface area contributed by atoms with Crippen LogP contribution in [0.5, 0.6) is 0 Å². The quantitative estimate of drug-likeness (QED) is 0.509. The lowest BCUT2D eigenvalue weighted by Gasteiger charge is -2.19. The van der Waals surface area contributed by atoms with Crippen molar-refractivity contribution >= 4 is 17.5 Å². The van der Waals surface area contributed by atoms with Gasteiger partial charge in [0.05, 0.1) is 4.92 Å². The molecule has 128 valence electrons. The molecular weight excluding hydrogens is 316 g/mol. The van der Waals surface area contributed by atoms with E-state index in [1.54, 1.807) is 42.5 Å². The van der Waals surface area contributed by atoms with Crippen molar-refractivity contribution in [2.75, 3.05) is 6.54 Å². The number of nitro benzene ring substituents is 1. The van der Waals surface area contributed by atoms with Crippen LogP contribution >= 0.6 is 0 Å². The van der Waals surface area contributed by atoms with Crippen LogP contribution in [0.1, 0.15) is 41.3 Å². The van der Waals surface area contributed by atoms with Gasteiger partial charge in [-0.05, 0) is 44.0 Å². The van der Waals surface area contributed by atoms with Gasteiger partial charge in [-0.2, -0.15) is 0 Å². The van der Waals surface area contributed by atoms with Gasteiger partial charge in [0, 0.05) is 17.2 Å². The van der Waals surface area contributed by atoms with Crippen LogP contribution in [-0.4, -0.2) is 22.8 Å². The van der Waals surface area contributed by atoms with Gasteiger partial charge in [-0.3, -0.25) is 14.9 Å². The number of carbonyl (C=O) groups is 1. The van der Waals surface area contributed by atoms with Crippen molar-refractivity contribution in [3.05, 3.63) is 81.4 Å². The van der Waals surface area contributed by atoms with Gasteiger partial charge in [0.1, 0.15) is 5.56 Å². The molecule has 0 spiro atoms. The Hall–Kier alpha value is -2.79. The second kappa shape index (κ2) is 6.99. The molecule has 2 aromatic rings. The number of hydrogen-bond donors (Lipinski definition) is 1. The molecule has 5 nitrogen and oxygen atoms in total. The summed E-state index contributed by atoms with van der Waals surface area (Å²) in [4.78, 5) is 23.5. The highest BCUT2D eigenvalue weighted by atomic mass is 16.6. The summed E-state index contributed by atoms with van der Waals surface area (Å²) in [5.74, 6) is -0.340. The maximum atomic E-state index is 12.7. The van der Waals surface area contributed by atoms with Gasteiger partial charge in [0.15, 0.2) is 5.78 Å². The van der Waals surface area contributed by atoms with Crippen molar-refractivity contribution in [3.63, 3.8) is 0 Å². The first-order valence-corrected chi connectivity index (χ1v) is 8.31. The third-order valence-corrected chi connectivity index (χ3v) is 4.54. The number of rotatable bonds is 5. The Morgan fingerprint density at radius 1 is 1.24 bits per heavy atom. The number of nitro groups is 1. The standard InChI is InChI=1S/C20H20N2O3/c1-20(11-5-13-21-20)12-10-15-8-9-18(22(24)25)17(14-15)19(23)16-6-3-2-4-7-16/h2-4,6-10,12,14,21H,5,11,13H2,1H3/b12-10+. The van der Waals surface area contributed by atoms with Crippen LogP contribution < -0.4 is 5.32 Å². The summed E-state index contributed by atoms with van der Waals surface area (Å²) in [5.41, 5.74) is 1.10. The number of hydrogen-bond acceptors (Lipinski definition) is 4. The molecule has 1 aliphatic heterocycles. The average molecular weight is 336 g/mol. The van der Waals surface area contributed by atoms with Crippen LogP contribution in [0.25, 0.3) is 6.08 Å². The van der Waals surface area contributed by atoms with Crippen molar-refractivity contribution in [1.29, 1.82) is 0 Å². The first-order chi connectivity index (χ1) is 12.0. The minimum atomic E-state index is -0.510. The SMILES string of the molecule is CC1(/C=C/c2ccc([N+](=O)[O-])c(C(=O)c3ccccc3)c2)CCCN1. The second-order valence-electron chi connectivity index (χ2n) is 6.51. The largest absolute Gasteiger partial charge is 0.308 e. The molecule has 0 aliphatic carbocycles. The van der Waals surface area contributed by atoms with E-state index in [-0.39, 0.29) is 22.6 Å². The summed E-state index contributed by atoms with van der Waals surface area (Å²) >= 11 is 0. The second-order valence-corrected chi connectivity index (χ2v) is 6.51. The summed E-state index contributed by atoms with van der Waals surface area (Å²) < 4.78 is 0. The van der Waals surface area contributed by atoms with E-state index in [0.717, 1.165) is 24.9 Å². The van der Waals surface area contributed by atoms with E-state index in [0.29, 0.717) is 5.56 Å². The lowest BCUT2D eigenvalue weighted by atomic mass is 9.96. The number of nitrogens with zero attached hydrogens (tertiary/aromatic N) is 1. The van der Waals surface area contributed by atoms with Crippen molar-refractivity contribution in [3.8, 4) is 0 Å². The molecule has 0 bridgehead atoms. The average Bonchev–Trinajstić information content (AvgIpc) is 3.07. The zero-order chi connectivity index (χ0) is 17.9. The van der Waals surface area contributed by atoms with E-state index < -0.39 is 4.92 Å². The van der Waals surface area contributed by atoms with Crippen LogP contribution in [0, 0.1) is 10.1 Å². The van der Waals surface area contributed by atoms with Crippen LogP contribution in [-0.2, 0) is 0 Å². The topological polar surface area (TPSA) is 72.2 Å². The van der Waals surface area contributed by atoms with Gasteiger partial charge < -0.3 is 5.32 Å². The lowest BCUT2D eigenvalue weighted by Crippen LogP contribution is -2.33. The molecule has 3 rings (SSSR count). The fourth-order valence-corrected chi connectivity index (χ4v) is 3.08. The molecule has 0 radical (unpaired) electrons. The molecule has 1 atom stereocenters. The highest BCUT2D eigenvalue weighted by molar-refractivity contribution is 6.11. The van der Waals surface area contributed by atoms with Crippen molar-refractivity contribution in [2.24, 2.45) is 0 Å². The van der Waals surface area contributed by atoms with Gasteiger partial charge in [-0.1, -0.05) is 42.5 Å². The third-order valence-electron chi connectivity index (χ3n) is 4.54. The Labute approximate surface area is 146 Å². The molecule has 2 aromatic carbocycles. The van der Waals surface area contributed by atoms with Crippen LogP contribution in [0.3, 0.4) is 0 Å². The van der Waals surface area contributed by atoms with E-state index in [1.807, 2.05) is 6.08 Å². The van der Waals surface area contributed by atoms with E-state index in [9.17, 15) is 14.9 Å². The molecule has 1 aliphatic rings. The van der Waals surface area contributed by atoms with Crippen LogP contribution in [0.2, 0.25) is 0 Å². The Bertz CT molecular complexity index is 822. The maximum Gasteiger partial charge on any atom is 0.280 e. The van der Waals surface area contributed by atoms with E-state index >= 15 is 0 Å². The molecule has 1 fully saturated rings. The highest BCUT2D eigenvalue weighted by Gasteiger charge is 2.25. The van der Waals surface area contributed by atoms with Gasteiger partial charge >= 0.3 is 0 Å². The number of nitrogens with one attached hydrogen (secondary N) is 1. The zero-order valence-electron chi connectivity index (χ0n) is 14.1. The third kappa shape index (κ3) is 3.83. The predicted octanol–water partition coefficient (Wildman–Crippen LogP) is 3.98. The fourth-order valence-electron chi connectivity index (χ4n) is 3.08. The molecule has 1 saturated heterocycles. The van der Waals surface area contributed by atoms with Gasteiger partial charge in [-0.25, -0.2) is 0 Å². The monoisotopic (exact) mass is 336 g/mol. The van der Waals surface area contributed by atoms with Gasteiger partial charge in [0.2, 0.25) is 0 Å². The first-order valence-electron chi connectivity index (χ1n) is 8.31. The molecule has 1 N–H and O–H groups in total. The lowest BCUT2D eigenvalue weighted by molar-refractivity contribution is -0.385. The van der Waals surface area contributed by atoms with Crippen LogP contribution in [0.15, 0.2) is 54.6 Å². The molecule has 25 heavy (non-hydrogen) atoms. The van der Waals surface area contributed by atoms with Gasteiger partial charge in [0.25, 0.3) is 5.69 Å².